The highest BCUT2D eigenvalue weighted by Crippen LogP contribution is 2.31. The maximum Gasteiger partial charge on any atom is 0.130 e. The molecule has 2 rings (SSSR count). The molecule has 0 aliphatic rings. The van der Waals surface area contributed by atoms with Crippen molar-refractivity contribution in [1.29, 1.82) is 0 Å². The van der Waals surface area contributed by atoms with Crippen LogP contribution >= 0.6 is 27.5 Å². The van der Waals surface area contributed by atoms with Gasteiger partial charge in [-0.3, -0.25) is 0 Å². The summed E-state index contributed by atoms with van der Waals surface area (Å²) in [6.07, 6.45) is -1.18. The Morgan fingerprint density at radius 1 is 1.11 bits per heavy atom. The van der Waals surface area contributed by atoms with Crippen LogP contribution in [0.4, 0.5) is 8.78 Å². The Morgan fingerprint density at radius 3 is 2.33 bits per heavy atom. The van der Waals surface area contributed by atoms with Crippen molar-refractivity contribution in [3.8, 4) is 0 Å². The summed E-state index contributed by atoms with van der Waals surface area (Å²) in [5, 5.41) is 10.3. The number of aliphatic hydroxyl groups is 1. The molecule has 0 radical (unpaired) electrons. The summed E-state index contributed by atoms with van der Waals surface area (Å²) in [4.78, 5) is 0. The molecule has 0 aliphatic carbocycles. The molecular weight excluding hydrogens is 325 g/mol. The van der Waals surface area contributed by atoms with E-state index in [1.807, 2.05) is 0 Å². The zero-order valence-corrected chi connectivity index (χ0v) is 11.3. The maximum atomic E-state index is 13.7. The predicted octanol–water partition coefficient (Wildman–Crippen LogP) is 4.46. The summed E-state index contributed by atoms with van der Waals surface area (Å²) in [5.74, 6) is -0.997. The van der Waals surface area contributed by atoms with Crippen LogP contribution in [-0.4, -0.2) is 5.11 Å². The lowest BCUT2D eigenvalue weighted by molar-refractivity contribution is 0.215. The fourth-order valence-corrected chi connectivity index (χ4v) is 2.06. The molecule has 2 aromatic carbocycles. The van der Waals surface area contributed by atoms with Crippen molar-refractivity contribution in [2.24, 2.45) is 0 Å². The molecule has 0 saturated heterocycles. The molecule has 1 N–H and O–H groups in total. The second-order valence-corrected chi connectivity index (χ2v) is 5.00. The first kappa shape index (κ1) is 13.5. The zero-order chi connectivity index (χ0) is 13.3. The van der Waals surface area contributed by atoms with Gasteiger partial charge < -0.3 is 5.11 Å². The summed E-state index contributed by atoms with van der Waals surface area (Å²) < 4.78 is 26.9. The second-order valence-electron chi connectivity index (χ2n) is 3.74. The highest BCUT2D eigenvalue weighted by Gasteiger charge is 2.17. The number of rotatable bonds is 2. The minimum Gasteiger partial charge on any atom is -0.384 e. The van der Waals surface area contributed by atoms with Crippen LogP contribution in [0.15, 0.2) is 40.9 Å². The standard InChI is InChI=1S/C13H8BrClF2O/c14-10-6-12(17)9(5-11(10)15)13(18)7-1-3-8(16)4-2-7/h1-6,13,18H. The molecule has 1 unspecified atom stereocenters. The third-order valence-electron chi connectivity index (χ3n) is 2.52. The summed E-state index contributed by atoms with van der Waals surface area (Å²) >= 11 is 8.95. The molecule has 0 bridgehead atoms. The van der Waals surface area contributed by atoms with Gasteiger partial charge in [-0.25, -0.2) is 8.78 Å². The van der Waals surface area contributed by atoms with Gasteiger partial charge in [0.25, 0.3) is 0 Å². The fourth-order valence-electron chi connectivity index (χ4n) is 1.57. The van der Waals surface area contributed by atoms with E-state index in [1.165, 1.54) is 36.4 Å². The summed E-state index contributed by atoms with van der Waals surface area (Å²) in [7, 11) is 0. The SMILES string of the molecule is OC(c1ccc(F)cc1)c1cc(Cl)c(Br)cc1F. The summed E-state index contributed by atoms with van der Waals surface area (Å²) in [5.41, 5.74) is 0.448. The van der Waals surface area contributed by atoms with Crippen LogP contribution in [0.1, 0.15) is 17.2 Å². The van der Waals surface area contributed by atoms with Crippen molar-refractivity contribution in [3.63, 3.8) is 0 Å². The molecule has 1 atom stereocenters. The highest BCUT2D eigenvalue weighted by atomic mass is 79.9. The van der Waals surface area contributed by atoms with Gasteiger partial charge in [0.1, 0.15) is 17.7 Å². The lowest BCUT2D eigenvalue weighted by atomic mass is 10.0. The van der Waals surface area contributed by atoms with Gasteiger partial charge in [0.15, 0.2) is 0 Å². The smallest absolute Gasteiger partial charge is 0.130 e. The van der Waals surface area contributed by atoms with Gasteiger partial charge >= 0.3 is 0 Å². The first-order chi connectivity index (χ1) is 8.49. The largest absolute Gasteiger partial charge is 0.384 e. The third kappa shape index (κ3) is 2.71. The molecule has 1 nitrogen and oxygen atoms in total. The van der Waals surface area contributed by atoms with Gasteiger partial charge in [-0.1, -0.05) is 23.7 Å². The Hall–Kier alpha value is -0.970. The molecule has 0 spiro atoms. The van der Waals surface area contributed by atoms with Gasteiger partial charge in [0.2, 0.25) is 0 Å². The number of halogens is 4. The first-order valence-corrected chi connectivity index (χ1v) is 6.24. The number of aliphatic hydroxyl groups excluding tert-OH is 1. The quantitative estimate of drug-likeness (QED) is 0.804. The van der Waals surface area contributed by atoms with Crippen LogP contribution in [0.5, 0.6) is 0 Å². The van der Waals surface area contributed by atoms with E-state index in [0.29, 0.717) is 15.1 Å². The average Bonchev–Trinajstić information content (AvgIpc) is 2.34. The van der Waals surface area contributed by atoms with Crippen molar-refractivity contribution >= 4 is 27.5 Å². The predicted molar refractivity (Wildman–Crippen MR) is 69.6 cm³/mol. The maximum absolute atomic E-state index is 13.7. The topological polar surface area (TPSA) is 20.2 Å². The van der Waals surface area contributed by atoms with Gasteiger partial charge in [-0.2, -0.15) is 0 Å². The van der Waals surface area contributed by atoms with Gasteiger partial charge in [-0.05, 0) is 45.8 Å². The van der Waals surface area contributed by atoms with Crippen LogP contribution in [0.2, 0.25) is 5.02 Å². The Balaban J connectivity index is 2.42. The first-order valence-electron chi connectivity index (χ1n) is 5.07. The minimum atomic E-state index is -1.18. The Morgan fingerprint density at radius 2 is 1.72 bits per heavy atom. The minimum absolute atomic E-state index is 0.0507. The van der Waals surface area contributed by atoms with Gasteiger partial charge in [-0.15, -0.1) is 0 Å². The molecule has 0 saturated carbocycles. The Bertz CT molecular complexity index is 572. The van der Waals surface area contributed by atoms with Crippen LogP contribution in [0.25, 0.3) is 0 Å². The van der Waals surface area contributed by atoms with E-state index >= 15 is 0 Å². The highest BCUT2D eigenvalue weighted by molar-refractivity contribution is 9.10. The molecule has 0 aromatic heterocycles. The molecule has 0 aliphatic heterocycles. The molecule has 94 valence electrons. The monoisotopic (exact) mass is 332 g/mol. The van der Waals surface area contributed by atoms with Crippen molar-refractivity contribution in [1.82, 2.24) is 0 Å². The van der Waals surface area contributed by atoms with E-state index < -0.39 is 17.7 Å². The van der Waals surface area contributed by atoms with Gasteiger partial charge in [0, 0.05) is 10.0 Å². The van der Waals surface area contributed by atoms with E-state index in [4.69, 9.17) is 11.6 Å². The molecule has 0 amide bonds. The van der Waals surface area contributed by atoms with Crippen molar-refractivity contribution in [2.75, 3.05) is 0 Å². The normalized spacial score (nSPS) is 12.5. The van der Waals surface area contributed by atoms with Crippen molar-refractivity contribution < 1.29 is 13.9 Å². The van der Waals surface area contributed by atoms with Crippen LogP contribution in [0, 0.1) is 11.6 Å². The molecular formula is C13H8BrClF2O. The number of benzene rings is 2. The van der Waals surface area contributed by atoms with Crippen LogP contribution in [0.3, 0.4) is 0 Å². The van der Waals surface area contributed by atoms with E-state index in [9.17, 15) is 13.9 Å². The average molecular weight is 334 g/mol. The fraction of sp³-hybridized carbons (Fsp3) is 0.0769. The Kier molecular flexibility index (Phi) is 4.00. The summed E-state index contributed by atoms with van der Waals surface area (Å²) in [6, 6.07) is 7.73. The van der Waals surface area contributed by atoms with Crippen molar-refractivity contribution in [3.05, 3.63) is 68.7 Å². The second kappa shape index (κ2) is 5.34. The lowest BCUT2D eigenvalue weighted by Gasteiger charge is -2.13. The summed E-state index contributed by atoms with van der Waals surface area (Å²) in [6.45, 7) is 0. The molecule has 2 aromatic rings. The van der Waals surface area contributed by atoms with Crippen LogP contribution < -0.4 is 0 Å². The molecule has 5 heteroatoms. The van der Waals surface area contributed by atoms with Crippen molar-refractivity contribution in [2.45, 2.75) is 6.10 Å². The lowest BCUT2D eigenvalue weighted by Crippen LogP contribution is -2.03. The van der Waals surface area contributed by atoms with Crippen LogP contribution in [-0.2, 0) is 0 Å². The van der Waals surface area contributed by atoms with Gasteiger partial charge in [0.05, 0.1) is 5.02 Å². The number of hydrogen-bond acceptors (Lipinski definition) is 1. The van der Waals surface area contributed by atoms with E-state index in [1.54, 1.807) is 0 Å². The third-order valence-corrected chi connectivity index (χ3v) is 3.72. The Labute approximate surface area is 116 Å². The zero-order valence-electron chi connectivity index (χ0n) is 9.00. The molecule has 18 heavy (non-hydrogen) atoms. The molecule has 0 fully saturated rings. The van der Waals surface area contributed by atoms with E-state index in [-0.39, 0.29) is 5.56 Å². The number of hydrogen-bond donors (Lipinski definition) is 1. The van der Waals surface area contributed by atoms with E-state index in [0.717, 1.165) is 0 Å². The molecule has 0 heterocycles. The van der Waals surface area contributed by atoms with E-state index in [2.05, 4.69) is 15.9 Å².